The first-order chi connectivity index (χ1) is 12.7. The van der Waals surface area contributed by atoms with Crippen molar-refractivity contribution < 1.29 is 13.7 Å². The third kappa shape index (κ3) is 3.52. The van der Waals surface area contributed by atoms with Crippen LogP contribution in [0.2, 0.25) is 0 Å². The van der Waals surface area contributed by atoms with Crippen LogP contribution in [0.4, 0.5) is 0 Å². The first-order valence-corrected chi connectivity index (χ1v) is 9.21. The number of benzene rings is 1. The van der Waals surface area contributed by atoms with Crippen LogP contribution >= 0.6 is 11.3 Å². The monoisotopic (exact) mass is 367 g/mol. The Labute approximate surface area is 153 Å². The number of hydrogen-bond donors (Lipinski definition) is 1. The molecule has 0 spiro atoms. The molecule has 1 unspecified atom stereocenters. The molecule has 132 valence electrons. The Balaban J connectivity index is 1.33. The van der Waals surface area contributed by atoms with Crippen molar-refractivity contribution in [2.45, 2.75) is 25.8 Å². The summed E-state index contributed by atoms with van der Waals surface area (Å²) >= 11 is 1.55. The molecule has 3 heterocycles. The smallest absolute Gasteiger partial charge is 0.227 e. The summed E-state index contributed by atoms with van der Waals surface area (Å²) in [5.41, 5.74) is 0.815. The Bertz CT molecular complexity index is 987. The van der Waals surface area contributed by atoms with Crippen LogP contribution in [0.1, 0.15) is 31.0 Å². The highest BCUT2D eigenvalue weighted by Crippen LogP contribution is 2.24. The lowest BCUT2D eigenvalue weighted by molar-refractivity contribution is -0.121. The lowest BCUT2D eigenvalue weighted by Gasteiger charge is -2.10. The molecular weight excluding hydrogens is 350 g/mol. The van der Waals surface area contributed by atoms with Gasteiger partial charge in [-0.2, -0.15) is 4.98 Å². The lowest BCUT2D eigenvalue weighted by Crippen LogP contribution is -2.26. The van der Waals surface area contributed by atoms with E-state index in [4.69, 9.17) is 8.94 Å². The fourth-order valence-electron chi connectivity index (χ4n) is 2.68. The first-order valence-electron chi connectivity index (χ1n) is 8.33. The number of fused-ring (bicyclic) bond motifs is 1. The Hall–Kier alpha value is -2.93. The average Bonchev–Trinajstić information content (AvgIpc) is 3.39. The Morgan fingerprint density at radius 1 is 1.27 bits per heavy atom. The van der Waals surface area contributed by atoms with E-state index in [1.54, 1.807) is 11.3 Å². The number of aryl methyl sites for hydroxylation is 1. The fraction of sp³-hybridized carbons (Fsp3) is 0.211. The molecule has 0 fully saturated rings. The van der Waals surface area contributed by atoms with E-state index in [2.05, 4.69) is 15.5 Å². The molecule has 0 saturated heterocycles. The molecule has 1 N–H and O–H groups in total. The Kier molecular flexibility index (Phi) is 4.53. The van der Waals surface area contributed by atoms with Gasteiger partial charge in [0.05, 0.1) is 10.9 Å². The molecule has 26 heavy (non-hydrogen) atoms. The zero-order chi connectivity index (χ0) is 17.9. The highest BCUT2D eigenvalue weighted by Gasteiger charge is 2.16. The molecule has 3 aromatic heterocycles. The van der Waals surface area contributed by atoms with Gasteiger partial charge in [-0.3, -0.25) is 4.79 Å². The second-order valence-electron chi connectivity index (χ2n) is 5.96. The van der Waals surface area contributed by atoms with Crippen LogP contribution in [0.5, 0.6) is 0 Å². The standard InChI is InChI=1S/C19H17N3O3S/c1-12(15-11-13-5-2-3-6-14(13)24-15)20-17(23)8-9-18-21-19(22-25-18)16-7-4-10-26-16/h2-7,10-12H,8-9H2,1H3,(H,20,23). The van der Waals surface area contributed by atoms with E-state index in [1.807, 2.05) is 54.8 Å². The van der Waals surface area contributed by atoms with Crippen LogP contribution in [-0.4, -0.2) is 16.0 Å². The van der Waals surface area contributed by atoms with E-state index >= 15 is 0 Å². The number of amides is 1. The number of nitrogens with zero attached hydrogens (tertiary/aromatic N) is 2. The first kappa shape index (κ1) is 16.5. The van der Waals surface area contributed by atoms with Gasteiger partial charge in [0.15, 0.2) is 0 Å². The van der Waals surface area contributed by atoms with Crippen molar-refractivity contribution in [1.29, 1.82) is 0 Å². The predicted molar refractivity (Wildman–Crippen MR) is 98.7 cm³/mol. The molecule has 4 aromatic rings. The van der Waals surface area contributed by atoms with Crippen molar-refractivity contribution in [3.8, 4) is 10.7 Å². The molecule has 7 heteroatoms. The molecule has 0 bridgehead atoms. The van der Waals surface area contributed by atoms with Crippen LogP contribution in [0.15, 0.2) is 56.8 Å². The van der Waals surface area contributed by atoms with Crippen molar-refractivity contribution >= 4 is 28.2 Å². The number of carbonyl (C=O) groups is 1. The molecular formula is C19H17N3O3S. The molecule has 6 nitrogen and oxygen atoms in total. The molecule has 0 saturated carbocycles. The number of nitrogens with one attached hydrogen (secondary N) is 1. The number of rotatable bonds is 6. The van der Waals surface area contributed by atoms with Gasteiger partial charge in [0.25, 0.3) is 0 Å². The average molecular weight is 367 g/mol. The lowest BCUT2D eigenvalue weighted by atomic mass is 10.2. The van der Waals surface area contributed by atoms with Gasteiger partial charge in [0.1, 0.15) is 11.3 Å². The van der Waals surface area contributed by atoms with Crippen molar-refractivity contribution in [2.75, 3.05) is 0 Å². The summed E-state index contributed by atoms with van der Waals surface area (Å²) in [6.45, 7) is 1.90. The van der Waals surface area contributed by atoms with Crippen molar-refractivity contribution in [3.63, 3.8) is 0 Å². The zero-order valence-corrected chi connectivity index (χ0v) is 15.0. The minimum atomic E-state index is -0.209. The number of furan rings is 1. The summed E-state index contributed by atoms with van der Waals surface area (Å²) in [6, 6.07) is 13.4. The van der Waals surface area contributed by atoms with Gasteiger partial charge in [-0.1, -0.05) is 29.4 Å². The summed E-state index contributed by atoms with van der Waals surface area (Å²) in [5.74, 6) is 1.66. The maximum Gasteiger partial charge on any atom is 0.227 e. The number of carbonyl (C=O) groups excluding carboxylic acids is 1. The minimum Gasteiger partial charge on any atom is -0.459 e. The summed E-state index contributed by atoms with van der Waals surface area (Å²) in [5, 5.41) is 9.87. The number of hydrogen-bond acceptors (Lipinski definition) is 6. The van der Waals surface area contributed by atoms with Gasteiger partial charge >= 0.3 is 0 Å². The Morgan fingerprint density at radius 2 is 2.15 bits per heavy atom. The maximum absolute atomic E-state index is 12.2. The van der Waals surface area contributed by atoms with Crippen molar-refractivity contribution in [3.05, 3.63) is 59.5 Å². The van der Waals surface area contributed by atoms with Crippen LogP contribution in [-0.2, 0) is 11.2 Å². The van der Waals surface area contributed by atoms with Gasteiger partial charge in [-0.15, -0.1) is 11.3 Å². The zero-order valence-electron chi connectivity index (χ0n) is 14.1. The molecule has 0 aliphatic rings. The Morgan fingerprint density at radius 3 is 2.96 bits per heavy atom. The highest BCUT2D eigenvalue weighted by molar-refractivity contribution is 7.13. The van der Waals surface area contributed by atoms with Gasteiger partial charge in [-0.25, -0.2) is 0 Å². The summed E-state index contributed by atoms with van der Waals surface area (Å²) in [7, 11) is 0. The van der Waals surface area contributed by atoms with Crippen LogP contribution < -0.4 is 5.32 Å². The predicted octanol–water partition coefficient (Wildman–Crippen LogP) is 4.35. The van der Waals surface area contributed by atoms with E-state index in [0.717, 1.165) is 21.6 Å². The second-order valence-corrected chi connectivity index (χ2v) is 6.91. The number of aromatic nitrogens is 2. The van der Waals surface area contributed by atoms with Crippen molar-refractivity contribution in [2.24, 2.45) is 0 Å². The van der Waals surface area contributed by atoms with E-state index in [0.29, 0.717) is 18.1 Å². The van der Waals surface area contributed by atoms with Gasteiger partial charge < -0.3 is 14.3 Å². The van der Waals surface area contributed by atoms with Crippen molar-refractivity contribution in [1.82, 2.24) is 15.5 Å². The van der Waals surface area contributed by atoms with Gasteiger partial charge in [0, 0.05) is 18.2 Å². The maximum atomic E-state index is 12.2. The number of thiophene rings is 1. The second kappa shape index (κ2) is 7.13. The molecule has 0 aliphatic heterocycles. The summed E-state index contributed by atoms with van der Waals surface area (Å²) < 4.78 is 11.0. The van der Waals surface area contributed by atoms with E-state index < -0.39 is 0 Å². The molecule has 0 aliphatic carbocycles. The van der Waals surface area contributed by atoms with Crippen LogP contribution in [0.25, 0.3) is 21.7 Å². The van der Waals surface area contributed by atoms with Crippen LogP contribution in [0, 0.1) is 0 Å². The molecule has 4 rings (SSSR count). The molecule has 1 amide bonds. The third-order valence-electron chi connectivity index (χ3n) is 4.02. The number of para-hydroxylation sites is 1. The van der Waals surface area contributed by atoms with Gasteiger partial charge in [-0.05, 0) is 30.5 Å². The molecule has 1 atom stereocenters. The van der Waals surface area contributed by atoms with Crippen LogP contribution in [0.3, 0.4) is 0 Å². The van der Waals surface area contributed by atoms with E-state index in [-0.39, 0.29) is 18.4 Å². The minimum absolute atomic E-state index is 0.0890. The fourth-order valence-corrected chi connectivity index (χ4v) is 3.33. The summed E-state index contributed by atoms with van der Waals surface area (Å²) in [6.07, 6.45) is 0.674. The quantitative estimate of drug-likeness (QED) is 0.548. The highest BCUT2D eigenvalue weighted by atomic mass is 32.1. The third-order valence-corrected chi connectivity index (χ3v) is 4.89. The normalized spacial score (nSPS) is 12.3. The topological polar surface area (TPSA) is 81.2 Å². The summed E-state index contributed by atoms with van der Waals surface area (Å²) in [4.78, 5) is 17.5. The van der Waals surface area contributed by atoms with Gasteiger partial charge in [0.2, 0.25) is 17.6 Å². The largest absolute Gasteiger partial charge is 0.459 e. The van der Waals surface area contributed by atoms with E-state index in [1.165, 1.54) is 0 Å². The van der Waals surface area contributed by atoms with E-state index in [9.17, 15) is 4.79 Å². The molecule has 1 aromatic carbocycles. The molecule has 0 radical (unpaired) electrons. The SMILES string of the molecule is CC(NC(=O)CCc1nc(-c2cccs2)no1)c1cc2ccccc2o1.